The Kier molecular flexibility index (Phi) is 4.95. The number of amides is 3. The van der Waals surface area contributed by atoms with Gasteiger partial charge in [0.1, 0.15) is 0 Å². The minimum Gasteiger partial charge on any atom is -0.345 e. The number of rotatable bonds is 4. The number of nitrogens with zero attached hydrogens (tertiary/aromatic N) is 1. The number of nitrogens with one attached hydrogen (secondary N) is 2. The molecule has 1 atom stereocenters. The van der Waals surface area contributed by atoms with Gasteiger partial charge in [-0.15, -0.1) is 0 Å². The van der Waals surface area contributed by atoms with Gasteiger partial charge in [-0.1, -0.05) is 29.8 Å². The highest BCUT2D eigenvalue weighted by molar-refractivity contribution is 6.31. The number of anilines is 1. The molecule has 25 heavy (non-hydrogen) atoms. The van der Waals surface area contributed by atoms with Gasteiger partial charge in [-0.3, -0.25) is 9.69 Å². The van der Waals surface area contributed by atoms with Crippen LogP contribution >= 0.6 is 11.6 Å². The topological polar surface area (TPSA) is 61.4 Å². The first-order valence-corrected chi connectivity index (χ1v) is 8.56. The lowest BCUT2D eigenvalue weighted by molar-refractivity contribution is 0.0940. The zero-order chi connectivity index (χ0) is 18.0. The fourth-order valence-electron chi connectivity index (χ4n) is 2.99. The molecule has 0 aromatic heterocycles. The maximum absolute atomic E-state index is 12.5. The normalized spacial score (nSPS) is 15.0. The highest BCUT2D eigenvalue weighted by atomic mass is 35.5. The van der Waals surface area contributed by atoms with Crippen LogP contribution < -0.4 is 15.5 Å². The molecule has 2 N–H and O–H groups in total. The summed E-state index contributed by atoms with van der Waals surface area (Å²) in [7, 11) is 0. The van der Waals surface area contributed by atoms with Crippen LogP contribution in [0.3, 0.4) is 0 Å². The molecule has 1 aliphatic heterocycles. The summed E-state index contributed by atoms with van der Waals surface area (Å²) in [4.78, 5) is 26.0. The average Bonchev–Trinajstić information content (AvgIpc) is 3.00. The van der Waals surface area contributed by atoms with Gasteiger partial charge >= 0.3 is 6.03 Å². The molecule has 3 rings (SSSR count). The zero-order valence-electron chi connectivity index (χ0n) is 14.2. The molecule has 2 aromatic rings. The Balaban J connectivity index is 1.75. The van der Waals surface area contributed by atoms with Gasteiger partial charge in [0.25, 0.3) is 5.91 Å². The molecule has 1 saturated heterocycles. The van der Waals surface area contributed by atoms with Crippen LogP contribution in [0.4, 0.5) is 10.5 Å². The van der Waals surface area contributed by atoms with Crippen LogP contribution in [0, 0.1) is 6.92 Å². The van der Waals surface area contributed by atoms with E-state index in [1.807, 2.05) is 38.1 Å². The van der Waals surface area contributed by atoms with Gasteiger partial charge in [0, 0.05) is 29.4 Å². The molecule has 1 fully saturated rings. The molecule has 1 heterocycles. The highest BCUT2D eigenvalue weighted by Gasteiger charge is 2.23. The van der Waals surface area contributed by atoms with E-state index in [0.717, 1.165) is 16.8 Å². The molecule has 1 aliphatic rings. The van der Waals surface area contributed by atoms with Crippen molar-refractivity contribution in [3.63, 3.8) is 0 Å². The number of carbonyl (C=O) groups is 2. The van der Waals surface area contributed by atoms with E-state index in [1.165, 1.54) is 0 Å². The second kappa shape index (κ2) is 7.15. The van der Waals surface area contributed by atoms with Crippen LogP contribution in [0.15, 0.2) is 42.5 Å². The molecular formula is C19H20ClN3O2. The largest absolute Gasteiger partial charge is 0.345 e. The fraction of sp³-hybridized carbons (Fsp3) is 0.263. The Morgan fingerprint density at radius 3 is 2.68 bits per heavy atom. The molecule has 6 heteroatoms. The maximum Gasteiger partial charge on any atom is 0.322 e. The Morgan fingerprint density at radius 1 is 1.28 bits per heavy atom. The van der Waals surface area contributed by atoms with Crippen LogP contribution in [-0.4, -0.2) is 25.0 Å². The minimum atomic E-state index is -0.203. The van der Waals surface area contributed by atoms with Gasteiger partial charge in [0.15, 0.2) is 0 Å². The zero-order valence-corrected chi connectivity index (χ0v) is 14.9. The van der Waals surface area contributed by atoms with Crippen LogP contribution in [0.25, 0.3) is 0 Å². The summed E-state index contributed by atoms with van der Waals surface area (Å²) in [5, 5.41) is 6.37. The van der Waals surface area contributed by atoms with Crippen LogP contribution in [0.2, 0.25) is 5.02 Å². The van der Waals surface area contributed by atoms with Crippen LogP contribution in [0.5, 0.6) is 0 Å². The van der Waals surface area contributed by atoms with Crippen molar-refractivity contribution in [3.05, 3.63) is 64.2 Å². The molecule has 0 radical (unpaired) electrons. The third-order valence-electron chi connectivity index (χ3n) is 4.33. The van der Waals surface area contributed by atoms with Crippen molar-refractivity contribution in [1.82, 2.24) is 10.6 Å². The summed E-state index contributed by atoms with van der Waals surface area (Å²) in [6.45, 7) is 5.06. The van der Waals surface area contributed by atoms with Crippen molar-refractivity contribution >= 4 is 29.2 Å². The number of carbonyl (C=O) groups excluding carboxylic acids is 2. The quantitative estimate of drug-likeness (QED) is 0.877. The first kappa shape index (κ1) is 17.3. The average molecular weight is 358 g/mol. The van der Waals surface area contributed by atoms with Crippen molar-refractivity contribution in [2.24, 2.45) is 0 Å². The standard InChI is InChI=1S/C19H20ClN3O2/c1-12-11-14(7-8-17(12)23-10-9-21-19(23)25)18(24)22-13(2)15-5-3-4-6-16(15)20/h3-8,11,13H,9-10H2,1-2H3,(H,21,25)(H,22,24). The SMILES string of the molecule is Cc1cc(C(=O)NC(C)c2ccccc2Cl)ccc1N1CCNC1=O. The third-order valence-corrected chi connectivity index (χ3v) is 4.67. The number of hydrogen-bond acceptors (Lipinski definition) is 2. The van der Waals surface area contributed by atoms with Gasteiger partial charge in [-0.2, -0.15) is 0 Å². The van der Waals surface area contributed by atoms with Crippen LogP contribution in [0.1, 0.15) is 34.5 Å². The van der Waals surface area contributed by atoms with Crippen LogP contribution in [-0.2, 0) is 0 Å². The van der Waals surface area contributed by atoms with E-state index < -0.39 is 0 Å². The van der Waals surface area contributed by atoms with Gasteiger partial charge in [0.05, 0.1) is 6.04 Å². The van der Waals surface area contributed by atoms with E-state index in [2.05, 4.69) is 10.6 Å². The van der Waals surface area contributed by atoms with E-state index in [0.29, 0.717) is 23.7 Å². The Labute approximate surface area is 152 Å². The number of aryl methyl sites for hydroxylation is 1. The second-order valence-corrected chi connectivity index (χ2v) is 6.51. The lowest BCUT2D eigenvalue weighted by Gasteiger charge is -2.19. The fourth-order valence-corrected chi connectivity index (χ4v) is 3.28. The first-order chi connectivity index (χ1) is 12.0. The van der Waals surface area contributed by atoms with Crippen molar-refractivity contribution in [2.45, 2.75) is 19.9 Å². The highest BCUT2D eigenvalue weighted by Crippen LogP contribution is 2.25. The van der Waals surface area contributed by atoms with Gasteiger partial charge in [-0.05, 0) is 49.2 Å². The van der Waals surface area contributed by atoms with E-state index in [9.17, 15) is 9.59 Å². The molecule has 130 valence electrons. The Hall–Kier alpha value is -2.53. The van der Waals surface area contributed by atoms with Crippen molar-refractivity contribution in [3.8, 4) is 0 Å². The first-order valence-electron chi connectivity index (χ1n) is 8.18. The summed E-state index contributed by atoms with van der Waals surface area (Å²) < 4.78 is 0. The smallest absolute Gasteiger partial charge is 0.322 e. The van der Waals surface area contributed by atoms with Gasteiger partial charge in [-0.25, -0.2) is 4.79 Å². The molecule has 2 aromatic carbocycles. The molecular weight excluding hydrogens is 338 g/mol. The van der Waals surface area contributed by atoms with E-state index >= 15 is 0 Å². The summed E-state index contributed by atoms with van der Waals surface area (Å²) in [6.07, 6.45) is 0. The number of halogens is 1. The molecule has 0 bridgehead atoms. The van der Waals surface area contributed by atoms with Crippen molar-refractivity contribution < 1.29 is 9.59 Å². The molecule has 1 unspecified atom stereocenters. The molecule has 0 aliphatic carbocycles. The molecule has 5 nitrogen and oxygen atoms in total. The maximum atomic E-state index is 12.5. The third kappa shape index (κ3) is 3.61. The summed E-state index contributed by atoms with van der Waals surface area (Å²) in [6, 6.07) is 12.5. The molecule has 0 saturated carbocycles. The second-order valence-electron chi connectivity index (χ2n) is 6.10. The van der Waals surface area contributed by atoms with Gasteiger partial charge < -0.3 is 10.6 Å². The number of hydrogen-bond donors (Lipinski definition) is 2. The molecule has 3 amide bonds. The molecule has 0 spiro atoms. The number of benzene rings is 2. The van der Waals surface area contributed by atoms with Crippen molar-refractivity contribution in [2.75, 3.05) is 18.0 Å². The lowest BCUT2D eigenvalue weighted by Crippen LogP contribution is -2.29. The minimum absolute atomic E-state index is 0.104. The van der Waals surface area contributed by atoms with Gasteiger partial charge in [0.2, 0.25) is 0 Å². The lowest BCUT2D eigenvalue weighted by atomic mass is 10.1. The summed E-state index contributed by atoms with van der Waals surface area (Å²) in [5.41, 5.74) is 3.14. The summed E-state index contributed by atoms with van der Waals surface area (Å²) in [5.74, 6) is -0.173. The predicted molar refractivity (Wildman–Crippen MR) is 99.3 cm³/mol. The van der Waals surface area contributed by atoms with E-state index in [-0.39, 0.29) is 18.0 Å². The monoisotopic (exact) mass is 357 g/mol. The Bertz CT molecular complexity index is 822. The Morgan fingerprint density at radius 2 is 2.04 bits per heavy atom. The van der Waals surface area contributed by atoms with E-state index in [1.54, 1.807) is 23.1 Å². The number of urea groups is 1. The van der Waals surface area contributed by atoms with Crippen molar-refractivity contribution in [1.29, 1.82) is 0 Å². The predicted octanol–water partition coefficient (Wildman–Crippen LogP) is 3.67. The summed E-state index contributed by atoms with van der Waals surface area (Å²) >= 11 is 6.19. The van der Waals surface area contributed by atoms with E-state index in [4.69, 9.17) is 11.6 Å².